The van der Waals surface area contributed by atoms with Crippen LogP contribution in [0.25, 0.3) is 0 Å². The molecule has 23 heavy (non-hydrogen) atoms. The number of fused-ring (bicyclic) bond motifs is 1. The number of amides is 2. The zero-order valence-corrected chi connectivity index (χ0v) is 13.4. The predicted molar refractivity (Wildman–Crippen MR) is 88.9 cm³/mol. The molecular formula is C12H12N6O3S2. The number of β-amino-alcohol motifs (C(OH)–C–C–N with tert-alkyl or cyclic N) is 1. The van der Waals surface area contributed by atoms with Gasteiger partial charge in [0.25, 0.3) is 5.91 Å². The van der Waals surface area contributed by atoms with Crippen LogP contribution in [0.2, 0.25) is 0 Å². The van der Waals surface area contributed by atoms with E-state index in [-0.39, 0.29) is 35.9 Å². The number of amidine groups is 2. The number of hydrogen-bond acceptors (Lipinski definition) is 9. The number of rotatable bonds is 5. The number of carbonyl (C=O) groups excluding carboxylic acids is 2. The van der Waals surface area contributed by atoms with Crippen LogP contribution in [0.1, 0.15) is 0 Å². The first-order valence-electron chi connectivity index (χ1n) is 6.63. The highest BCUT2D eigenvalue weighted by Crippen LogP contribution is 2.21. The minimum absolute atomic E-state index is 0.0635. The number of thioether (sulfide) groups is 1. The fraction of sp³-hybridized carbons (Fsp3) is 0.333. The number of nitrogens with zero attached hydrogens (tertiary/aromatic N) is 5. The van der Waals surface area contributed by atoms with Gasteiger partial charge in [-0.05, 0) is 0 Å². The summed E-state index contributed by atoms with van der Waals surface area (Å²) in [5.41, 5.74) is 0. The van der Waals surface area contributed by atoms with E-state index < -0.39 is 5.92 Å². The monoisotopic (exact) mass is 352 g/mol. The van der Waals surface area contributed by atoms with Gasteiger partial charge >= 0.3 is 0 Å². The van der Waals surface area contributed by atoms with Crippen LogP contribution in [0, 0.1) is 5.92 Å². The summed E-state index contributed by atoms with van der Waals surface area (Å²) < 4.78 is 0. The summed E-state index contributed by atoms with van der Waals surface area (Å²) in [5.74, 6) is -0.732. The Bertz CT molecular complexity index is 700. The van der Waals surface area contributed by atoms with Crippen molar-refractivity contribution in [3.8, 4) is 0 Å². The van der Waals surface area contributed by atoms with Gasteiger partial charge < -0.3 is 10.4 Å². The molecule has 2 N–H and O–H groups in total. The van der Waals surface area contributed by atoms with Crippen molar-refractivity contribution < 1.29 is 14.7 Å². The number of aliphatic hydroxyl groups is 1. The fourth-order valence-electron chi connectivity index (χ4n) is 1.92. The first-order valence-corrected chi connectivity index (χ1v) is 8.49. The van der Waals surface area contributed by atoms with Gasteiger partial charge in [-0.15, -0.1) is 11.3 Å². The summed E-state index contributed by atoms with van der Waals surface area (Å²) in [6.07, 6.45) is 3.05. The van der Waals surface area contributed by atoms with Crippen LogP contribution in [0.15, 0.2) is 26.7 Å². The SMILES string of the molecule is O=C(CSC1=NC(=O)C2C=NN(CCO)C2=N1)Nc1nccs1. The number of hydrogen-bond donors (Lipinski definition) is 2. The summed E-state index contributed by atoms with van der Waals surface area (Å²) in [4.78, 5) is 35.9. The van der Waals surface area contributed by atoms with Gasteiger partial charge in [0.1, 0.15) is 11.8 Å². The molecule has 0 spiro atoms. The van der Waals surface area contributed by atoms with Gasteiger partial charge in [-0.25, -0.2) is 15.0 Å². The molecule has 2 amide bonds. The van der Waals surface area contributed by atoms with Gasteiger partial charge in [-0.3, -0.25) is 9.59 Å². The molecule has 0 fully saturated rings. The molecule has 3 rings (SSSR count). The third-order valence-electron chi connectivity index (χ3n) is 2.90. The van der Waals surface area contributed by atoms with Gasteiger partial charge in [-0.1, -0.05) is 11.8 Å². The van der Waals surface area contributed by atoms with Gasteiger partial charge in [-0.2, -0.15) is 10.1 Å². The molecule has 2 aliphatic rings. The van der Waals surface area contributed by atoms with E-state index in [2.05, 4.69) is 25.4 Å². The van der Waals surface area contributed by atoms with Crippen LogP contribution >= 0.6 is 23.1 Å². The third-order valence-corrected chi connectivity index (χ3v) is 4.44. The summed E-state index contributed by atoms with van der Waals surface area (Å²) >= 11 is 2.38. The predicted octanol–water partition coefficient (Wildman–Crippen LogP) is 0.0194. The zero-order valence-electron chi connectivity index (χ0n) is 11.7. The molecule has 0 radical (unpaired) electrons. The molecule has 2 aliphatic heterocycles. The highest BCUT2D eigenvalue weighted by atomic mass is 32.2. The normalized spacial score (nSPS) is 19.4. The van der Waals surface area contributed by atoms with Crippen LogP contribution in [-0.4, -0.2) is 63.0 Å². The van der Waals surface area contributed by atoms with Crippen LogP contribution in [0.3, 0.4) is 0 Å². The van der Waals surface area contributed by atoms with Crippen LogP contribution in [-0.2, 0) is 9.59 Å². The Labute approximate surface area is 139 Å². The van der Waals surface area contributed by atoms with Crippen molar-refractivity contribution in [2.75, 3.05) is 24.2 Å². The lowest BCUT2D eigenvalue weighted by molar-refractivity contribution is -0.118. The second-order valence-corrected chi connectivity index (χ2v) is 6.30. The first-order chi connectivity index (χ1) is 11.2. The maximum Gasteiger partial charge on any atom is 0.264 e. The van der Waals surface area contributed by atoms with Gasteiger partial charge in [0, 0.05) is 17.8 Å². The van der Waals surface area contributed by atoms with Crippen LogP contribution < -0.4 is 5.32 Å². The largest absolute Gasteiger partial charge is 0.394 e. The molecule has 9 nitrogen and oxygen atoms in total. The molecular weight excluding hydrogens is 340 g/mol. The zero-order chi connectivity index (χ0) is 16.2. The van der Waals surface area contributed by atoms with E-state index in [0.717, 1.165) is 11.8 Å². The van der Waals surface area contributed by atoms with Crippen molar-refractivity contribution in [1.29, 1.82) is 0 Å². The number of aromatic nitrogens is 1. The van der Waals surface area contributed by atoms with E-state index in [0.29, 0.717) is 11.0 Å². The Kier molecular flexibility index (Phi) is 4.79. The van der Waals surface area contributed by atoms with E-state index in [4.69, 9.17) is 5.11 Å². The standard InChI is InChI=1S/C12H12N6O3S2/c19-3-2-18-9-7(5-14-18)10(21)17-12(16-9)23-6-8(20)15-11-13-1-4-22-11/h1,4-5,7,19H,2-3,6H2,(H,13,15,20). The summed E-state index contributed by atoms with van der Waals surface area (Å²) in [7, 11) is 0. The Balaban J connectivity index is 1.61. The Hall–Kier alpha value is -2.11. The van der Waals surface area contributed by atoms with Gasteiger partial charge in [0.2, 0.25) is 5.91 Å². The number of anilines is 1. The number of hydrazone groups is 1. The molecule has 0 saturated carbocycles. The van der Waals surface area contributed by atoms with E-state index >= 15 is 0 Å². The molecule has 1 atom stereocenters. The fourth-order valence-corrected chi connectivity index (χ4v) is 3.11. The molecule has 0 bridgehead atoms. The van der Waals surface area contributed by atoms with Crippen molar-refractivity contribution >= 4 is 57.3 Å². The summed E-state index contributed by atoms with van der Waals surface area (Å²) in [5, 5.41) is 19.6. The van der Waals surface area contributed by atoms with Crippen molar-refractivity contribution in [3.63, 3.8) is 0 Å². The second kappa shape index (κ2) is 6.98. The molecule has 1 aromatic rings. The maximum absolute atomic E-state index is 12.0. The van der Waals surface area contributed by atoms with Crippen molar-refractivity contribution in [2.45, 2.75) is 0 Å². The number of nitrogens with one attached hydrogen (secondary N) is 1. The number of carbonyl (C=O) groups is 2. The van der Waals surface area contributed by atoms with E-state index in [1.807, 2.05) is 0 Å². The maximum atomic E-state index is 12.0. The number of aliphatic hydroxyl groups excluding tert-OH is 1. The molecule has 3 heterocycles. The highest BCUT2D eigenvalue weighted by Gasteiger charge is 2.35. The Morgan fingerprint density at radius 1 is 1.48 bits per heavy atom. The molecule has 0 aromatic carbocycles. The summed E-state index contributed by atoms with van der Waals surface area (Å²) in [6, 6.07) is 0. The van der Waals surface area contributed by atoms with E-state index in [9.17, 15) is 9.59 Å². The summed E-state index contributed by atoms with van der Waals surface area (Å²) in [6.45, 7) is 0.148. The molecule has 120 valence electrons. The number of thiazole rings is 1. The molecule has 1 aromatic heterocycles. The van der Waals surface area contributed by atoms with Crippen molar-refractivity contribution in [1.82, 2.24) is 9.99 Å². The first kappa shape index (κ1) is 15.8. The smallest absolute Gasteiger partial charge is 0.264 e. The third kappa shape index (κ3) is 3.63. The average molecular weight is 352 g/mol. The second-order valence-electron chi connectivity index (χ2n) is 4.47. The highest BCUT2D eigenvalue weighted by molar-refractivity contribution is 8.14. The average Bonchev–Trinajstić information content (AvgIpc) is 3.16. The Morgan fingerprint density at radius 3 is 3.09 bits per heavy atom. The molecule has 0 aliphatic carbocycles. The lowest BCUT2D eigenvalue weighted by Crippen LogP contribution is -2.35. The number of aliphatic imine (C=N–C) groups is 2. The molecule has 0 saturated heterocycles. The van der Waals surface area contributed by atoms with E-state index in [1.54, 1.807) is 11.6 Å². The quantitative estimate of drug-likeness (QED) is 0.771. The van der Waals surface area contributed by atoms with Gasteiger partial charge in [0.15, 0.2) is 10.3 Å². The van der Waals surface area contributed by atoms with Crippen LogP contribution in [0.4, 0.5) is 5.13 Å². The lowest BCUT2D eigenvalue weighted by Gasteiger charge is -2.19. The lowest BCUT2D eigenvalue weighted by atomic mass is 10.1. The van der Waals surface area contributed by atoms with Crippen LogP contribution in [0.5, 0.6) is 0 Å². The van der Waals surface area contributed by atoms with Gasteiger partial charge in [0.05, 0.1) is 18.9 Å². The molecule has 1 unspecified atom stereocenters. The minimum atomic E-state index is -0.602. The molecule has 11 heteroatoms. The topological polar surface area (TPSA) is 120 Å². The van der Waals surface area contributed by atoms with Crippen molar-refractivity contribution in [3.05, 3.63) is 11.6 Å². The minimum Gasteiger partial charge on any atom is -0.394 e. The van der Waals surface area contributed by atoms with Crippen molar-refractivity contribution in [2.24, 2.45) is 21.0 Å². The van der Waals surface area contributed by atoms with E-state index in [1.165, 1.54) is 22.6 Å². The Morgan fingerprint density at radius 2 is 2.35 bits per heavy atom.